The molecule has 0 aliphatic heterocycles. The molecule has 0 aliphatic carbocycles. The molecule has 138 valence electrons. The predicted octanol–water partition coefficient (Wildman–Crippen LogP) is 4.12. The van der Waals surface area contributed by atoms with Gasteiger partial charge in [0.05, 0.1) is 25.0 Å². The van der Waals surface area contributed by atoms with Crippen molar-refractivity contribution in [1.29, 1.82) is 0 Å². The van der Waals surface area contributed by atoms with Gasteiger partial charge < -0.3 is 10.6 Å². The maximum absolute atomic E-state index is 4.67. The fourth-order valence-corrected chi connectivity index (χ4v) is 3.27. The average molecular weight is 481 g/mol. The van der Waals surface area contributed by atoms with Gasteiger partial charge in [0.15, 0.2) is 5.96 Å². The number of para-hydroxylation sites is 1. The first-order valence-corrected chi connectivity index (χ1v) is 9.28. The van der Waals surface area contributed by atoms with E-state index >= 15 is 0 Å². The highest BCUT2D eigenvalue weighted by Crippen LogP contribution is 2.14. The van der Waals surface area contributed by atoms with E-state index < -0.39 is 0 Å². The van der Waals surface area contributed by atoms with Crippen LogP contribution in [0, 0.1) is 6.92 Å². The second kappa shape index (κ2) is 10.3. The number of hydrogen-bond donors (Lipinski definition) is 2. The van der Waals surface area contributed by atoms with E-state index in [9.17, 15) is 0 Å². The monoisotopic (exact) mass is 481 g/mol. The van der Waals surface area contributed by atoms with Crippen LogP contribution in [0.15, 0.2) is 59.2 Å². The predicted molar refractivity (Wildman–Crippen MR) is 120 cm³/mol. The van der Waals surface area contributed by atoms with Gasteiger partial charge in [0, 0.05) is 23.2 Å². The van der Waals surface area contributed by atoms with Crippen LogP contribution in [0.5, 0.6) is 0 Å². The van der Waals surface area contributed by atoms with Crippen molar-refractivity contribution in [3.05, 3.63) is 70.2 Å². The summed E-state index contributed by atoms with van der Waals surface area (Å²) >= 11 is 1.77. The van der Waals surface area contributed by atoms with Crippen LogP contribution in [-0.2, 0) is 13.1 Å². The number of benzene rings is 1. The molecule has 1 aromatic carbocycles. The summed E-state index contributed by atoms with van der Waals surface area (Å²) in [5, 5.41) is 13.2. The standard InChI is InChI=1S/C19H23N5S.HI/c1-3-20-19(22-13-18-15(2)9-10-25-18)21-11-16-12-23-24(14-16)17-7-5-4-6-8-17;/h4-10,12,14H,3,11,13H2,1-2H3,(H2,20,21,22);1H. The van der Waals surface area contributed by atoms with Gasteiger partial charge in [0.1, 0.15) is 0 Å². The summed E-state index contributed by atoms with van der Waals surface area (Å²) in [5.74, 6) is 0.822. The Balaban J connectivity index is 0.00000243. The molecule has 0 fully saturated rings. The Labute approximate surface area is 175 Å². The molecule has 0 amide bonds. The van der Waals surface area contributed by atoms with Crippen LogP contribution >= 0.6 is 35.3 Å². The number of thiophene rings is 1. The van der Waals surface area contributed by atoms with E-state index in [0.717, 1.165) is 30.3 Å². The number of aryl methyl sites for hydroxylation is 1. The number of nitrogens with zero attached hydrogens (tertiary/aromatic N) is 3. The Kier molecular flexibility index (Phi) is 8.11. The maximum atomic E-state index is 4.67. The molecule has 0 saturated carbocycles. The minimum absolute atomic E-state index is 0. The van der Waals surface area contributed by atoms with Gasteiger partial charge in [-0.15, -0.1) is 35.3 Å². The van der Waals surface area contributed by atoms with Crippen LogP contribution in [0.2, 0.25) is 0 Å². The van der Waals surface area contributed by atoms with E-state index in [0.29, 0.717) is 6.54 Å². The highest BCUT2D eigenvalue weighted by molar-refractivity contribution is 14.0. The molecular weight excluding hydrogens is 457 g/mol. The number of rotatable bonds is 6. The minimum atomic E-state index is 0. The Bertz CT molecular complexity index is 825. The van der Waals surface area contributed by atoms with Crippen LogP contribution in [0.25, 0.3) is 5.69 Å². The molecule has 0 aliphatic rings. The van der Waals surface area contributed by atoms with Gasteiger partial charge in [-0.05, 0) is 43.0 Å². The van der Waals surface area contributed by atoms with Crippen molar-refractivity contribution >= 4 is 41.3 Å². The number of nitrogens with one attached hydrogen (secondary N) is 2. The lowest BCUT2D eigenvalue weighted by Crippen LogP contribution is -2.36. The summed E-state index contributed by atoms with van der Waals surface area (Å²) in [6.07, 6.45) is 3.88. The highest BCUT2D eigenvalue weighted by atomic mass is 127. The maximum Gasteiger partial charge on any atom is 0.191 e. The Morgan fingerprint density at radius 3 is 2.69 bits per heavy atom. The van der Waals surface area contributed by atoms with Crippen LogP contribution in [0.4, 0.5) is 0 Å². The number of aliphatic imine (C=N–C) groups is 1. The quantitative estimate of drug-likeness (QED) is 0.317. The molecule has 7 heteroatoms. The topological polar surface area (TPSA) is 54.2 Å². The molecule has 3 rings (SSSR count). The fraction of sp³-hybridized carbons (Fsp3) is 0.263. The largest absolute Gasteiger partial charge is 0.357 e. The van der Waals surface area contributed by atoms with Gasteiger partial charge in [-0.25, -0.2) is 9.67 Å². The highest BCUT2D eigenvalue weighted by Gasteiger charge is 2.04. The number of halogens is 1. The zero-order valence-electron chi connectivity index (χ0n) is 15.0. The smallest absolute Gasteiger partial charge is 0.191 e. The van der Waals surface area contributed by atoms with E-state index in [4.69, 9.17) is 0 Å². The molecule has 0 spiro atoms. The molecule has 5 nitrogen and oxygen atoms in total. The zero-order valence-corrected chi connectivity index (χ0v) is 18.1. The SMILES string of the molecule is CCNC(=NCc1cnn(-c2ccccc2)c1)NCc1sccc1C.I. The lowest BCUT2D eigenvalue weighted by atomic mass is 10.3. The third-order valence-electron chi connectivity index (χ3n) is 3.81. The molecule has 2 N–H and O–H groups in total. The van der Waals surface area contributed by atoms with Crippen LogP contribution < -0.4 is 10.6 Å². The Morgan fingerprint density at radius 1 is 1.19 bits per heavy atom. The van der Waals surface area contributed by atoms with Gasteiger partial charge in [0.25, 0.3) is 0 Å². The molecule has 0 unspecified atom stereocenters. The van der Waals surface area contributed by atoms with Crippen molar-refractivity contribution in [1.82, 2.24) is 20.4 Å². The third kappa shape index (κ3) is 5.57. The van der Waals surface area contributed by atoms with Crippen molar-refractivity contribution in [3.8, 4) is 5.69 Å². The van der Waals surface area contributed by atoms with Gasteiger partial charge in [-0.3, -0.25) is 0 Å². The second-order valence-corrected chi connectivity index (χ2v) is 6.70. The number of aromatic nitrogens is 2. The first-order chi connectivity index (χ1) is 12.3. The minimum Gasteiger partial charge on any atom is -0.357 e. The van der Waals surface area contributed by atoms with Crippen molar-refractivity contribution in [2.75, 3.05) is 6.54 Å². The van der Waals surface area contributed by atoms with Crippen molar-refractivity contribution in [3.63, 3.8) is 0 Å². The number of guanidine groups is 1. The molecule has 0 bridgehead atoms. The van der Waals surface area contributed by atoms with Crippen molar-refractivity contribution < 1.29 is 0 Å². The van der Waals surface area contributed by atoms with E-state index in [1.807, 2.05) is 47.4 Å². The average Bonchev–Trinajstić information content (AvgIpc) is 3.27. The Hall–Kier alpha value is -1.87. The first-order valence-electron chi connectivity index (χ1n) is 8.40. The molecule has 2 aromatic heterocycles. The van der Waals surface area contributed by atoms with Gasteiger partial charge in [-0.2, -0.15) is 5.10 Å². The first kappa shape index (κ1) is 20.4. The summed E-state index contributed by atoms with van der Waals surface area (Å²) < 4.78 is 1.88. The van der Waals surface area contributed by atoms with Crippen LogP contribution in [0.3, 0.4) is 0 Å². The number of hydrogen-bond acceptors (Lipinski definition) is 3. The third-order valence-corrected chi connectivity index (χ3v) is 4.83. The molecule has 2 heterocycles. The lowest BCUT2D eigenvalue weighted by molar-refractivity contribution is 0.821. The molecule has 0 atom stereocenters. The Morgan fingerprint density at radius 2 is 2.00 bits per heavy atom. The summed E-state index contributed by atoms with van der Waals surface area (Å²) in [7, 11) is 0. The summed E-state index contributed by atoms with van der Waals surface area (Å²) in [6, 6.07) is 12.2. The molecule has 26 heavy (non-hydrogen) atoms. The second-order valence-electron chi connectivity index (χ2n) is 5.70. The molecule has 3 aromatic rings. The summed E-state index contributed by atoms with van der Waals surface area (Å²) in [5.41, 5.74) is 3.45. The van der Waals surface area contributed by atoms with Crippen molar-refractivity contribution in [2.45, 2.75) is 26.9 Å². The van der Waals surface area contributed by atoms with E-state index in [1.165, 1.54) is 10.4 Å². The van der Waals surface area contributed by atoms with E-state index in [-0.39, 0.29) is 24.0 Å². The van der Waals surface area contributed by atoms with Crippen LogP contribution in [-0.4, -0.2) is 22.3 Å². The van der Waals surface area contributed by atoms with Crippen LogP contribution in [0.1, 0.15) is 22.9 Å². The van der Waals surface area contributed by atoms with Gasteiger partial charge in [0.2, 0.25) is 0 Å². The molecular formula is C19H24IN5S. The zero-order chi connectivity index (χ0) is 17.5. The molecule has 0 radical (unpaired) electrons. The summed E-state index contributed by atoms with van der Waals surface area (Å²) in [6.45, 7) is 6.42. The summed E-state index contributed by atoms with van der Waals surface area (Å²) in [4.78, 5) is 6.00. The fourth-order valence-electron chi connectivity index (χ4n) is 2.42. The molecule has 0 saturated heterocycles. The normalized spacial score (nSPS) is 11.1. The van der Waals surface area contributed by atoms with Gasteiger partial charge >= 0.3 is 0 Å². The van der Waals surface area contributed by atoms with E-state index in [1.54, 1.807) is 11.3 Å². The van der Waals surface area contributed by atoms with Crippen molar-refractivity contribution in [2.24, 2.45) is 4.99 Å². The van der Waals surface area contributed by atoms with E-state index in [2.05, 4.69) is 46.0 Å². The van der Waals surface area contributed by atoms with Gasteiger partial charge in [-0.1, -0.05) is 18.2 Å². The lowest BCUT2D eigenvalue weighted by Gasteiger charge is -2.10.